The minimum absolute atomic E-state index is 0.655. The molecular weight excluding hydrogens is 326 g/mol. The van der Waals surface area contributed by atoms with Gasteiger partial charge >= 0.3 is 0 Å². The van der Waals surface area contributed by atoms with Gasteiger partial charge in [0.05, 0.1) is 6.54 Å². The van der Waals surface area contributed by atoms with Crippen molar-refractivity contribution in [3.8, 4) is 11.4 Å². The van der Waals surface area contributed by atoms with Gasteiger partial charge in [-0.3, -0.25) is 4.90 Å². The average Bonchev–Trinajstić information content (AvgIpc) is 2.88. The molecule has 0 saturated carbocycles. The molecule has 0 atom stereocenters. The summed E-state index contributed by atoms with van der Waals surface area (Å²) in [5.74, 6) is 3.73. The molecule has 3 rings (SSSR count). The molecule has 19 heavy (non-hydrogen) atoms. The van der Waals surface area contributed by atoms with E-state index in [1.165, 1.54) is 11.5 Å². The van der Waals surface area contributed by atoms with Crippen LogP contribution in [0.5, 0.6) is 0 Å². The molecule has 2 aromatic rings. The van der Waals surface area contributed by atoms with Gasteiger partial charge in [-0.15, -0.1) is 0 Å². The van der Waals surface area contributed by atoms with Gasteiger partial charge in [0.15, 0.2) is 0 Å². The maximum Gasteiger partial charge on any atom is 0.241 e. The van der Waals surface area contributed by atoms with Crippen molar-refractivity contribution in [3.63, 3.8) is 0 Å². The minimum Gasteiger partial charge on any atom is -0.338 e. The Bertz CT molecular complexity index is 554. The standard InChI is InChI=1S/C13H14BrN3OS/c14-11-3-1-2-10(8-11)13-15-12(18-16-13)9-17-4-6-19-7-5-17/h1-3,8H,4-7,9H2. The fraction of sp³-hybridized carbons (Fsp3) is 0.385. The zero-order valence-corrected chi connectivity index (χ0v) is 12.8. The van der Waals surface area contributed by atoms with Crippen molar-refractivity contribution < 1.29 is 4.52 Å². The first-order valence-electron chi connectivity index (χ1n) is 6.20. The van der Waals surface area contributed by atoms with E-state index in [4.69, 9.17) is 4.52 Å². The Kier molecular flexibility index (Phi) is 4.20. The van der Waals surface area contributed by atoms with Crippen LogP contribution >= 0.6 is 27.7 Å². The van der Waals surface area contributed by atoms with Crippen LogP contribution in [-0.4, -0.2) is 39.6 Å². The Morgan fingerprint density at radius 1 is 1.32 bits per heavy atom. The lowest BCUT2D eigenvalue weighted by atomic mass is 10.2. The number of halogens is 1. The number of thioether (sulfide) groups is 1. The van der Waals surface area contributed by atoms with Gasteiger partial charge in [0.25, 0.3) is 0 Å². The first-order valence-corrected chi connectivity index (χ1v) is 8.15. The quantitative estimate of drug-likeness (QED) is 0.859. The predicted octanol–water partition coefficient (Wildman–Crippen LogP) is 3.05. The number of hydrogen-bond donors (Lipinski definition) is 0. The van der Waals surface area contributed by atoms with Crippen molar-refractivity contribution >= 4 is 27.7 Å². The van der Waals surface area contributed by atoms with Crippen LogP contribution in [0.2, 0.25) is 0 Å². The van der Waals surface area contributed by atoms with Gasteiger partial charge in [-0.2, -0.15) is 16.7 Å². The molecule has 6 heteroatoms. The lowest BCUT2D eigenvalue weighted by Crippen LogP contribution is -2.32. The van der Waals surface area contributed by atoms with Crippen LogP contribution in [0.3, 0.4) is 0 Å². The molecule has 1 aliphatic rings. The van der Waals surface area contributed by atoms with Crippen molar-refractivity contribution in [1.29, 1.82) is 0 Å². The van der Waals surface area contributed by atoms with Gasteiger partial charge in [0.2, 0.25) is 11.7 Å². The second-order valence-corrected chi connectivity index (χ2v) is 6.55. The van der Waals surface area contributed by atoms with Crippen molar-refractivity contribution in [1.82, 2.24) is 15.0 Å². The molecule has 2 heterocycles. The van der Waals surface area contributed by atoms with E-state index in [1.807, 2.05) is 36.0 Å². The molecule has 0 spiro atoms. The van der Waals surface area contributed by atoms with Crippen LogP contribution in [0.4, 0.5) is 0 Å². The second kappa shape index (κ2) is 6.07. The third-order valence-corrected chi connectivity index (χ3v) is 4.45. The summed E-state index contributed by atoms with van der Waals surface area (Å²) in [7, 11) is 0. The molecule has 1 aliphatic heterocycles. The fourth-order valence-corrected chi connectivity index (χ4v) is 3.39. The van der Waals surface area contributed by atoms with Crippen molar-refractivity contribution in [2.75, 3.05) is 24.6 Å². The highest BCUT2D eigenvalue weighted by Crippen LogP contribution is 2.21. The highest BCUT2D eigenvalue weighted by molar-refractivity contribution is 9.10. The van der Waals surface area contributed by atoms with Crippen LogP contribution in [0.1, 0.15) is 5.89 Å². The van der Waals surface area contributed by atoms with Crippen molar-refractivity contribution in [3.05, 3.63) is 34.6 Å². The van der Waals surface area contributed by atoms with Crippen LogP contribution < -0.4 is 0 Å². The number of hydrogen-bond acceptors (Lipinski definition) is 5. The van der Waals surface area contributed by atoms with Crippen LogP contribution in [0.25, 0.3) is 11.4 Å². The van der Waals surface area contributed by atoms with E-state index >= 15 is 0 Å². The first-order chi connectivity index (χ1) is 9.31. The SMILES string of the molecule is Brc1cccc(-c2noc(CN3CCSCC3)n2)c1. The highest BCUT2D eigenvalue weighted by atomic mass is 79.9. The molecule has 1 fully saturated rings. The molecule has 0 N–H and O–H groups in total. The van der Waals surface area contributed by atoms with Gasteiger partial charge in [0.1, 0.15) is 0 Å². The summed E-state index contributed by atoms with van der Waals surface area (Å²) in [5, 5.41) is 4.05. The van der Waals surface area contributed by atoms with Crippen LogP contribution in [0, 0.1) is 0 Å². The predicted molar refractivity (Wildman–Crippen MR) is 80.0 cm³/mol. The van der Waals surface area contributed by atoms with E-state index in [9.17, 15) is 0 Å². The number of nitrogens with zero attached hydrogens (tertiary/aromatic N) is 3. The number of rotatable bonds is 3. The zero-order valence-electron chi connectivity index (χ0n) is 10.4. The number of benzene rings is 1. The molecular formula is C13H14BrN3OS. The molecule has 0 aliphatic carbocycles. The van der Waals surface area contributed by atoms with Gasteiger partial charge in [-0.05, 0) is 12.1 Å². The first kappa shape index (κ1) is 13.1. The molecule has 0 bridgehead atoms. The van der Waals surface area contributed by atoms with Crippen molar-refractivity contribution in [2.24, 2.45) is 0 Å². The molecule has 100 valence electrons. The van der Waals surface area contributed by atoms with Crippen LogP contribution in [-0.2, 0) is 6.54 Å². The van der Waals surface area contributed by atoms with Crippen molar-refractivity contribution in [2.45, 2.75) is 6.54 Å². The zero-order chi connectivity index (χ0) is 13.1. The Morgan fingerprint density at radius 3 is 2.95 bits per heavy atom. The molecule has 1 aromatic heterocycles. The minimum atomic E-state index is 0.655. The Labute approximate surface area is 124 Å². The monoisotopic (exact) mass is 339 g/mol. The Balaban J connectivity index is 1.72. The maximum atomic E-state index is 5.34. The summed E-state index contributed by atoms with van der Waals surface area (Å²) < 4.78 is 6.35. The molecule has 0 radical (unpaired) electrons. The summed E-state index contributed by atoms with van der Waals surface area (Å²) in [6, 6.07) is 7.93. The van der Waals surface area contributed by atoms with E-state index < -0.39 is 0 Å². The summed E-state index contributed by atoms with van der Waals surface area (Å²) in [6.45, 7) is 2.94. The van der Waals surface area contributed by atoms with E-state index in [0.717, 1.165) is 29.7 Å². The second-order valence-electron chi connectivity index (χ2n) is 4.41. The van der Waals surface area contributed by atoms with Gasteiger partial charge in [-0.1, -0.05) is 33.2 Å². The average molecular weight is 340 g/mol. The largest absolute Gasteiger partial charge is 0.338 e. The third kappa shape index (κ3) is 3.38. The summed E-state index contributed by atoms with van der Waals surface area (Å²) in [4.78, 5) is 6.82. The molecule has 1 saturated heterocycles. The van der Waals surface area contributed by atoms with E-state index in [2.05, 4.69) is 31.0 Å². The van der Waals surface area contributed by atoms with Gasteiger partial charge in [-0.25, -0.2) is 0 Å². The maximum absolute atomic E-state index is 5.34. The third-order valence-electron chi connectivity index (χ3n) is 3.01. The highest BCUT2D eigenvalue weighted by Gasteiger charge is 2.15. The molecule has 0 unspecified atom stereocenters. The van der Waals surface area contributed by atoms with Gasteiger partial charge in [0, 0.05) is 34.6 Å². The van der Waals surface area contributed by atoms with E-state index in [-0.39, 0.29) is 0 Å². The van der Waals surface area contributed by atoms with Crippen LogP contribution in [0.15, 0.2) is 33.3 Å². The van der Waals surface area contributed by atoms with Gasteiger partial charge < -0.3 is 4.52 Å². The molecule has 0 amide bonds. The fourth-order valence-electron chi connectivity index (χ4n) is 2.01. The lowest BCUT2D eigenvalue weighted by Gasteiger charge is -2.24. The summed E-state index contributed by atoms with van der Waals surface area (Å²) in [5.41, 5.74) is 0.971. The Morgan fingerprint density at radius 2 is 2.16 bits per heavy atom. The van der Waals surface area contributed by atoms with E-state index in [0.29, 0.717) is 11.7 Å². The normalized spacial score (nSPS) is 16.7. The number of aromatic nitrogens is 2. The molecule has 4 nitrogen and oxygen atoms in total. The Hall–Kier alpha value is -0.850. The van der Waals surface area contributed by atoms with E-state index in [1.54, 1.807) is 0 Å². The molecule has 1 aromatic carbocycles. The smallest absolute Gasteiger partial charge is 0.241 e. The topological polar surface area (TPSA) is 42.2 Å². The summed E-state index contributed by atoms with van der Waals surface area (Å²) in [6.07, 6.45) is 0. The summed E-state index contributed by atoms with van der Waals surface area (Å²) >= 11 is 5.45. The lowest BCUT2D eigenvalue weighted by molar-refractivity contribution is 0.245.